The maximum absolute atomic E-state index is 12.7. The van der Waals surface area contributed by atoms with E-state index in [4.69, 9.17) is 5.11 Å². The molecule has 8 heteroatoms. The number of aromatic nitrogens is 4. The molecule has 1 atom stereocenters. The molecule has 1 N–H and O–H groups in total. The van der Waals surface area contributed by atoms with Gasteiger partial charge in [-0.2, -0.15) is 0 Å². The molecule has 0 spiro atoms. The van der Waals surface area contributed by atoms with Gasteiger partial charge in [-0.15, -0.1) is 5.10 Å². The SMILES string of the molecule is O=C(O)CC[C@H]1CCCCN1C(=O)Cc1ccc(-n2cnnn2)cc1. The number of aliphatic carboxylic acids is 1. The summed E-state index contributed by atoms with van der Waals surface area (Å²) in [5.74, 6) is -0.749. The Morgan fingerprint density at radius 1 is 1.20 bits per heavy atom. The maximum Gasteiger partial charge on any atom is 0.303 e. The van der Waals surface area contributed by atoms with Gasteiger partial charge in [0.15, 0.2) is 0 Å². The normalized spacial score (nSPS) is 17.4. The second kappa shape index (κ2) is 7.87. The summed E-state index contributed by atoms with van der Waals surface area (Å²) in [6.45, 7) is 0.714. The van der Waals surface area contributed by atoms with E-state index in [0.29, 0.717) is 19.4 Å². The smallest absolute Gasteiger partial charge is 0.303 e. The molecule has 1 aliphatic rings. The molecular formula is C17H21N5O3. The fourth-order valence-corrected chi connectivity index (χ4v) is 3.24. The predicted octanol–water partition coefficient (Wildman–Crippen LogP) is 1.45. The number of carboxylic acid groups (broad SMARTS) is 1. The number of benzene rings is 1. The van der Waals surface area contributed by atoms with Gasteiger partial charge in [-0.1, -0.05) is 12.1 Å². The van der Waals surface area contributed by atoms with E-state index >= 15 is 0 Å². The summed E-state index contributed by atoms with van der Waals surface area (Å²) in [6, 6.07) is 7.57. The lowest BCUT2D eigenvalue weighted by Gasteiger charge is -2.35. The fraction of sp³-hybridized carbons (Fsp3) is 0.471. The number of amides is 1. The van der Waals surface area contributed by atoms with E-state index in [1.807, 2.05) is 29.2 Å². The highest BCUT2D eigenvalue weighted by atomic mass is 16.4. The summed E-state index contributed by atoms with van der Waals surface area (Å²) in [7, 11) is 0. The van der Waals surface area contributed by atoms with Crippen LogP contribution in [0.3, 0.4) is 0 Å². The van der Waals surface area contributed by atoms with E-state index < -0.39 is 5.97 Å². The van der Waals surface area contributed by atoms with Crippen molar-refractivity contribution in [1.29, 1.82) is 0 Å². The van der Waals surface area contributed by atoms with Crippen molar-refractivity contribution in [2.45, 2.75) is 44.6 Å². The van der Waals surface area contributed by atoms with Gasteiger partial charge >= 0.3 is 5.97 Å². The number of hydrogen-bond donors (Lipinski definition) is 1. The molecule has 1 amide bonds. The molecule has 0 bridgehead atoms. The Kier molecular flexibility index (Phi) is 5.37. The van der Waals surface area contributed by atoms with Crippen LogP contribution in [-0.4, -0.2) is 54.7 Å². The molecular weight excluding hydrogens is 322 g/mol. The number of likely N-dealkylation sites (tertiary alicyclic amines) is 1. The van der Waals surface area contributed by atoms with Crippen molar-refractivity contribution in [1.82, 2.24) is 25.1 Å². The Hall–Kier alpha value is -2.77. The first-order chi connectivity index (χ1) is 12.1. The average Bonchev–Trinajstić information content (AvgIpc) is 3.15. The first-order valence-corrected chi connectivity index (χ1v) is 8.47. The molecule has 25 heavy (non-hydrogen) atoms. The Bertz CT molecular complexity index is 714. The summed E-state index contributed by atoms with van der Waals surface area (Å²) in [5, 5.41) is 19.9. The Morgan fingerprint density at radius 3 is 2.68 bits per heavy atom. The van der Waals surface area contributed by atoms with Gasteiger partial charge in [0.1, 0.15) is 6.33 Å². The van der Waals surface area contributed by atoms with Crippen LogP contribution in [-0.2, 0) is 16.0 Å². The van der Waals surface area contributed by atoms with E-state index in [1.54, 1.807) is 4.68 Å². The van der Waals surface area contributed by atoms with Crippen molar-refractivity contribution in [3.8, 4) is 5.69 Å². The highest BCUT2D eigenvalue weighted by Gasteiger charge is 2.26. The number of nitrogens with zero attached hydrogens (tertiary/aromatic N) is 5. The minimum atomic E-state index is -0.809. The van der Waals surface area contributed by atoms with E-state index in [2.05, 4.69) is 15.5 Å². The molecule has 2 aromatic rings. The summed E-state index contributed by atoms with van der Waals surface area (Å²) in [5.41, 5.74) is 1.75. The lowest BCUT2D eigenvalue weighted by atomic mass is 9.97. The van der Waals surface area contributed by atoms with Crippen molar-refractivity contribution < 1.29 is 14.7 Å². The summed E-state index contributed by atoms with van der Waals surface area (Å²) in [4.78, 5) is 25.4. The molecule has 0 saturated carbocycles. The second-order valence-electron chi connectivity index (χ2n) is 6.27. The predicted molar refractivity (Wildman–Crippen MR) is 89.1 cm³/mol. The van der Waals surface area contributed by atoms with Gasteiger partial charge in [-0.3, -0.25) is 9.59 Å². The molecule has 0 radical (unpaired) electrons. The van der Waals surface area contributed by atoms with Crippen molar-refractivity contribution in [3.05, 3.63) is 36.2 Å². The van der Waals surface area contributed by atoms with Crippen LogP contribution in [0, 0.1) is 0 Å². The summed E-state index contributed by atoms with van der Waals surface area (Å²) >= 11 is 0. The van der Waals surface area contributed by atoms with Gasteiger partial charge in [-0.05, 0) is 53.8 Å². The third kappa shape index (κ3) is 4.40. The number of tetrazole rings is 1. The minimum Gasteiger partial charge on any atom is -0.481 e. The Balaban J connectivity index is 1.62. The number of rotatable bonds is 6. The summed E-state index contributed by atoms with van der Waals surface area (Å²) in [6.07, 6.45) is 5.38. The van der Waals surface area contributed by atoms with Crippen LogP contribution in [0.1, 0.15) is 37.7 Å². The van der Waals surface area contributed by atoms with Crippen LogP contribution in [0.25, 0.3) is 5.69 Å². The number of piperidine rings is 1. The molecule has 1 fully saturated rings. The molecule has 0 unspecified atom stereocenters. The van der Waals surface area contributed by atoms with Gasteiger partial charge in [0, 0.05) is 19.0 Å². The second-order valence-corrected chi connectivity index (χ2v) is 6.27. The molecule has 1 aromatic carbocycles. The highest BCUT2D eigenvalue weighted by molar-refractivity contribution is 5.79. The first-order valence-electron chi connectivity index (χ1n) is 8.47. The van der Waals surface area contributed by atoms with Crippen LogP contribution in [0.2, 0.25) is 0 Å². The lowest BCUT2D eigenvalue weighted by molar-refractivity contribution is -0.139. The molecule has 8 nitrogen and oxygen atoms in total. The van der Waals surface area contributed by atoms with Gasteiger partial charge in [0.2, 0.25) is 5.91 Å². The van der Waals surface area contributed by atoms with Gasteiger partial charge in [-0.25, -0.2) is 4.68 Å². The molecule has 0 aliphatic carbocycles. The maximum atomic E-state index is 12.7. The number of hydrogen-bond acceptors (Lipinski definition) is 5. The van der Waals surface area contributed by atoms with Crippen LogP contribution in [0.5, 0.6) is 0 Å². The van der Waals surface area contributed by atoms with E-state index in [0.717, 1.165) is 30.5 Å². The van der Waals surface area contributed by atoms with Crippen molar-refractivity contribution >= 4 is 11.9 Å². The van der Waals surface area contributed by atoms with Crippen molar-refractivity contribution in [2.75, 3.05) is 6.54 Å². The highest BCUT2D eigenvalue weighted by Crippen LogP contribution is 2.22. The third-order valence-corrected chi connectivity index (χ3v) is 4.54. The number of carbonyl (C=O) groups is 2. The standard InChI is InChI=1S/C17H21N5O3/c23-16(21-10-2-1-3-14(21)8-9-17(24)25)11-13-4-6-15(7-5-13)22-12-18-19-20-22/h4-7,12,14H,1-3,8-11H2,(H,24,25)/t14-/m1/s1. The van der Waals surface area contributed by atoms with Crippen molar-refractivity contribution in [3.63, 3.8) is 0 Å². The average molecular weight is 343 g/mol. The van der Waals surface area contributed by atoms with Crippen LogP contribution >= 0.6 is 0 Å². The number of carboxylic acids is 1. The first kappa shape index (κ1) is 17.1. The van der Waals surface area contributed by atoms with Gasteiger partial charge in [0.05, 0.1) is 12.1 Å². The largest absolute Gasteiger partial charge is 0.481 e. The van der Waals surface area contributed by atoms with Crippen LogP contribution < -0.4 is 0 Å². The zero-order chi connectivity index (χ0) is 17.6. The zero-order valence-electron chi connectivity index (χ0n) is 13.9. The molecule has 2 heterocycles. The topological polar surface area (TPSA) is 101 Å². The zero-order valence-corrected chi connectivity index (χ0v) is 13.9. The van der Waals surface area contributed by atoms with Gasteiger partial charge < -0.3 is 10.0 Å². The van der Waals surface area contributed by atoms with E-state index in [9.17, 15) is 9.59 Å². The number of carbonyl (C=O) groups excluding carboxylic acids is 1. The van der Waals surface area contributed by atoms with Gasteiger partial charge in [0.25, 0.3) is 0 Å². The van der Waals surface area contributed by atoms with Crippen LogP contribution in [0.4, 0.5) is 0 Å². The fourth-order valence-electron chi connectivity index (χ4n) is 3.24. The molecule has 132 valence electrons. The quantitative estimate of drug-likeness (QED) is 0.852. The molecule has 1 saturated heterocycles. The Labute approximate surface area is 145 Å². The van der Waals surface area contributed by atoms with Crippen LogP contribution in [0.15, 0.2) is 30.6 Å². The minimum absolute atomic E-state index is 0.0397. The Morgan fingerprint density at radius 2 is 2.00 bits per heavy atom. The van der Waals surface area contributed by atoms with E-state index in [-0.39, 0.29) is 18.4 Å². The molecule has 1 aliphatic heterocycles. The lowest BCUT2D eigenvalue weighted by Crippen LogP contribution is -2.44. The summed E-state index contributed by atoms with van der Waals surface area (Å²) < 4.78 is 1.55. The third-order valence-electron chi connectivity index (χ3n) is 4.54. The monoisotopic (exact) mass is 343 g/mol. The van der Waals surface area contributed by atoms with E-state index in [1.165, 1.54) is 6.33 Å². The van der Waals surface area contributed by atoms with Crippen molar-refractivity contribution in [2.24, 2.45) is 0 Å². The molecule has 3 rings (SSSR count). The molecule has 1 aromatic heterocycles.